The van der Waals surface area contributed by atoms with Crippen molar-refractivity contribution in [1.29, 1.82) is 0 Å². The minimum absolute atomic E-state index is 0.157. The summed E-state index contributed by atoms with van der Waals surface area (Å²) in [7, 11) is 0. The molecule has 0 saturated heterocycles. The fourth-order valence-corrected chi connectivity index (χ4v) is 3.91. The van der Waals surface area contributed by atoms with Crippen molar-refractivity contribution in [2.24, 2.45) is 0 Å². The zero-order valence-corrected chi connectivity index (χ0v) is 17.1. The van der Waals surface area contributed by atoms with Crippen molar-refractivity contribution in [1.82, 2.24) is 10.2 Å². The van der Waals surface area contributed by atoms with Crippen LogP contribution < -0.4 is 5.32 Å². The molecule has 1 amide bonds. The Morgan fingerprint density at radius 2 is 1.62 bits per heavy atom. The van der Waals surface area contributed by atoms with Gasteiger partial charge in [-0.1, -0.05) is 54.6 Å². The van der Waals surface area contributed by atoms with Gasteiger partial charge in [0.1, 0.15) is 5.56 Å². The first-order chi connectivity index (χ1) is 15.4. The second-order valence-corrected chi connectivity index (χ2v) is 7.60. The Morgan fingerprint density at radius 3 is 2.34 bits per heavy atom. The number of amides is 1. The normalized spacial score (nSPS) is 12.9. The fraction of sp³-hybridized carbons (Fsp3) is 0.174. The van der Waals surface area contributed by atoms with E-state index in [9.17, 15) is 25.0 Å². The van der Waals surface area contributed by atoms with Gasteiger partial charge in [-0.2, -0.15) is 0 Å². The lowest BCUT2D eigenvalue weighted by molar-refractivity contribution is -0.422. The summed E-state index contributed by atoms with van der Waals surface area (Å²) in [6, 6.07) is 19.7. The van der Waals surface area contributed by atoms with E-state index in [1.807, 2.05) is 36.4 Å². The van der Waals surface area contributed by atoms with E-state index in [-0.39, 0.29) is 12.1 Å². The maximum Gasteiger partial charge on any atom is 0.358 e. The van der Waals surface area contributed by atoms with Crippen molar-refractivity contribution in [2.75, 3.05) is 0 Å². The topological polar surface area (TPSA) is 119 Å². The Morgan fingerprint density at radius 1 is 0.875 bits per heavy atom. The van der Waals surface area contributed by atoms with Gasteiger partial charge in [0.15, 0.2) is 0 Å². The maximum absolute atomic E-state index is 12.6. The van der Waals surface area contributed by atoms with Crippen LogP contribution in [0.2, 0.25) is 0 Å². The Bertz CT molecular complexity index is 1200. The molecule has 9 heteroatoms. The van der Waals surface area contributed by atoms with Crippen molar-refractivity contribution in [3.63, 3.8) is 0 Å². The number of para-hydroxylation sites is 1. The molecule has 0 saturated carbocycles. The predicted molar refractivity (Wildman–Crippen MR) is 117 cm³/mol. The standard InChI is InChI=1S/C23H20N4O5/c28-23(20-7-4-8-21(26(29)30)22(20)27(31)32)24-12-17-9-10-18-14-25(15-19(18)11-17)13-16-5-2-1-3-6-16/h1-11H,12-15H2,(H,24,28). The van der Waals surface area contributed by atoms with Crippen LogP contribution in [0.5, 0.6) is 0 Å². The Hall–Kier alpha value is -4.11. The molecule has 0 aromatic heterocycles. The monoisotopic (exact) mass is 432 g/mol. The Balaban J connectivity index is 1.44. The second-order valence-electron chi connectivity index (χ2n) is 7.60. The number of hydrogen-bond acceptors (Lipinski definition) is 6. The van der Waals surface area contributed by atoms with Crippen molar-refractivity contribution < 1.29 is 14.6 Å². The average Bonchev–Trinajstić information content (AvgIpc) is 3.18. The second kappa shape index (κ2) is 8.94. The molecule has 0 spiro atoms. The first-order valence-corrected chi connectivity index (χ1v) is 9.99. The van der Waals surface area contributed by atoms with E-state index in [2.05, 4.69) is 22.3 Å². The number of benzene rings is 3. The molecule has 32 heavy (non-hydrogen) atoms. The summed E-state index contributed by atoms with van der Waals surface area (Å²) in [5.41, 5.74) is 2.65. The summed E-state index contributed by atoms with van der Waals surface area (Å²) >= 11 is 0. The van der Waals surface area contributed by atoms with E-state index in [1.54, 1.807) is 0 Å². The van der Waals surface area contributed by atoms with Crippen molar-refractivity contribution in [2.45, 2.75) is 26.2 Å². The molecule has 1 heterocycles. The smallest absolute Gasteiger partial charge is 0.348 e. The van der Waals surface area contributed by atoms with E-state index >= 15 is 0 Å². The van der Waals surface area contributed by atoms with E-state index in [0.29, 0.717) is 0 Å². The molecule has 3 aromatic rings. The van der Waals surface area contributed by atoms with Crippen LogP contribution in [0.15, 0.2) is 66.7 Å². The number of carbonyl (C=O) groups is 1. The minimum Gasteiger partial charge on any atom is -0.348 e. The molecular formula is C23H20N4O5. The summed E-state index contributed by atoms with van der Waals surface area (Å²) in [4.78, 5) is 35.6. The maximum atomic E-state index is 12.6. The van der Waals surface area contributed by atoms with Gasteiger partial charge >= 0.3 is 11.4 Å². The highest BCUT2D eigenvalue weighted by Crippen LogP contribution is 2.30. The van der Waals surface area contributed by atoms with Gasteiger partial charge in [0, 0.05) is 32.2 Å². The lowest BCUT2D eigenvalue weighted by Crippen LogP contribution is -2.24. The average molecular weight is 432 g/mol. The molecule has 0 unspecified atom stereocenters. The number of carbonyl (C=O) groups excluding carboxylic acids is 1. The van der Waals surface area contributed by atoms with E-state index in [1.165, 1.54) is 28.8 Å². The molecule has 1 aliphatic rings. The number of nitrogens with one attached hydrogen (secondary N) is 1. The molecule has 162 valence electrons. The summed E-state index contributed by atoms with van der Waals surface area (Å²) in [6.45, 7) is 2.64. The molecule has 3 aromatic carbocycles. The molecule has 9 nitrogen and oxygen atoms in total. The van der Waals surface area contributed by atoms with Crippen molar-refractivity contribution in [3.05, 3.63) is 115 Å². The van der Waals surface area contributed by atoms with Crippen LogP contribution in [0.3, 0.4) is 0 Å². The van der Waals surface area contributed by atoms with Gasteiger partial charge in [0.2, 0.25) is 0 Å². The first-order valence-electron chi connectivity index (χ1n) is 9.99. The van der Waals surface area contributed by atoms with E-state index < -0.39 is 27.1 Å². The third kappa shape index (κ3) is 4.47. The lowest BCUT2D eigenvalue weighted by Gasteiger charge is -2.14. The van der Waals surface area contributed by atoms with Gasteiger partial charge < -0.3 is 5.32 Å². The van der Waals surface area contributed by atoms with Crippen molar-refractivity contribution >= 4 is 17.3 Å². The number of nitro benzene ring substituents is 2. The Labute approximate surface area is 183 Å². The van der Waals surface area contributed by atoms with Crippen LogP contribution >= 0.6 is 0 Å². The zero-order chi connectivity index (χ0) is 22.7. The molecular weight excluding hydrogens is 412 g/mol. The van der Waals surface area contributed by atoms with Gasteiger partial charge in [0.05, 0.1) is 9.85 Å². The van der Waals surface area contributed by atoms with Crippen molar-refractivity contribution in [3.8, 4) is 0 Å². The Kier molecular flexibility index (Phi) is 5.91. The van der Waals surface area contributed by atoms with E-state index in [0.717, 1.165) is 31.3 Å². The van der Waals surface area contributed by atoms with Gasteiger partial charge in [-0.15, -0.1) is 0 Å². The molecule has 0 atom stereocenters. The molecule has 4 rings (SSSR count). The van der Waals surface area contributed by atoms with Crippen LogP contribution in [-0.2, 0) is 26.2 Å². The molecule has 1 N–H and O–H groups in total. The molecule has 1 aliphatic heterocycles. The third-order valence-corrected chi connectivity index (χ3v) is 5.40. The third-order valence-electron chi connectivity index (χ3n) is 5.40. The molecule has 0 fully saturated rings. The highest BCUT2D eigenvalue weighted by molar-refractivity contribution is 5.99. The summed E-state index contributed by atoms with van der Waals surface area (Å²) < 4.78 is 0. The SMILES string of the molecule is O=C(NCc1ccc2c(c1)CN(Cc1ccccc1)C2)c1cccc([N+](=O)[O-])c1[N+](=O)[O-]. The number of rotatable bonds is 7. The lowest BCUT2D eigenvalue weighted by atomic mass is 10.1. The number of nitro groups is 2. The van der Waals surface area contributed by atoms with E-state index in [4.69, 9.17) is 0 Å². The molecule has 0 bridgehead atoms. The zero-order valence-electron chi connectivity index (χ0n) is 17.1. The summed E-state index contributed by atoms with van der Waals surface area (Å²) in [5.74, 6) is -0.730. The molecule has 0 radical (unpaired) electrons. The van der Waals surface area contributed by atoms with Crippen LogP contribution in [0, 0.1) is 20.2 Å². The van der Waals surface area contributed by atoms with Crippen LogP contribution in [-0.4, -0.2) is 20.7 Å². The van der Waals surface area contributed by atoms with Crippen LogP contribution in [0.4, 0.5) is 11.4 Å². The van der Waals surface area contributed by atoms with Gasteiger partial charge in [0.25, 0.3) is 5.91 Å². The largest absolute Gasteiger partial charge is 0.358 e. The van der Waals surface area contributed by atoms with Crippen LogP contribution in [0.25, 0.3) is 0 Å². The number of fused-ring (bicyclic) bond motifs is 1. The van der Waals surface area contributed by atoms with Gasteiger partial charge in [-0.25, -0.2) is 0 Å². The highest BCUT2D eigenvalue weighted by Gasteiger charge is 2.31. The number of hydrogen-bond donors (Lipinski definition) is 1. The number of nitrogens with zero attached hydrogens (tertiary/aromatic N) is 3. The van der Waals surface area contributed by atoms with Gasteiger partial charge in [-0.3, -0.25) is 29.9 Å². The van der Waals surface area contributed by atoms with Gasteiger partial charge in [-0.05, 0) is 28.3 Å². The summed E-state index contributed by atoms with van der Waals surface area (Å²) in [6.07, 6.45) is 0. The minimum atomic E-state index is -0.899. The quantitative estimate of drug-likeness (QED) is 0.446. The first kappa shape index (κ1) is 21.1. The van der Waals surface area contributed by atoms with Crippen LogP contribution in [0.1, 0.15) is 32.6 Å². The predicted octanol–water partition coefficient (Wildman–Crippen LogP) is 3.95. The highest BCUT2D eigenvalue weighted by atomic mass is 16.6. The fourth-order valence-electron chi connectivity index (χ4n) is 3.91. The molecule has 0 aliphatic carbocycles. The summed E-state index contributed by atoms with van der Waals surface area (Å²) in [5, 5.41) is 25.1.